The molecule has 37 heavy (non-hydrogen) atoms. The van der Waals surface area contributed by atoms with Gasteiger partial charge < -0.3 is 30.0 Å². The van der Waals surface area contributed by atoms with E-state index in [0.29, 0.717) is 13.0 Å². The molecular formula is C28H25N4O5-. The molecule has 0 radical (unpaired) electrons. The Morgan fingerprint density at radius 1 is 1.05 bits per heavy atom. The fraction of sp³-hybridized carbons (Fsp3) is 0.214. The summed E-state index contributed by atoms with van der Waals surface area (Å²) < 4.78 is 5.22. The predicted octanol–water partition coefficient (Wildman–Crippen LogP) is 3.76. The Morgan fingerprint density at radius 3 is 2.49 bits per heavy atom. The van der Waals surface area contributed by atoms with Crippen LogP contribution in [-0.4, -0.2) is 51.5 Å². The average molecular weight is 498 g/mol. The summed E-state index contributed by atoms with van der Waals surface area (Å²) in [7, 11) is 1.60. The van der Waals surface area contributed by atoms with Gasteiger partial charge in [0.25, 0.3) is 0 Å². The number of rotatable bonds is 5. The second-order valence-electron chi connectivity index (χ2n) is 9.39. The van der Waals surface area contributed by atoms with E-state index >= 15 is 0 Å². The van der Waals surface area contributed by atoms with E-state index in [9.17, 15) is 20.0 Å². The summed E-state index contributed by atoms with van der Waals surface area (Å²) in [5, 5.41) is 21.4. The third kappa shape index (κ3) is 3.89. The van der Waals surface area contributed by atoms with Gasteiger partial charge in [-0.15, -0.1) is 0 Å². The fourth-order valence-corrected chi connectivity index (χ4v) is 5.54. The standard InChI is InChI=1S/C28H25N4O5/c1-37-20-12-6-17(7-13-20)15-30-16-25(33)31-24(28(30)34)14-22-21-4-2-3-5-23(21)29-26(22)27(31)18-8-10-19(11-9-18)32(35)36/h2-13,24,27,29,35H,14-16H2,1H3/q-1. The van der Waals surface area contributed by atoms with Crippen molar-refractivity contribution in [3.8, 4) is 5.75 Å². The SMILES string of the molecule is COc1ccc(CN2CC(=O)N3C(Cc4c([nH]c5ccccc45)C3c3ccc(N([O-])O)cc3)C2=O)cc1. The van der Waals surface area contributed by atoms with Crippen LogP contribution in [-0.2, 0) is 22.6 Å². The number of H-pyrrole nitrogens is 1. The molecule has 9 nitrogen and oxygen atoms in total. The highest BCUT2D eigenvalue weighted by Crippen LogP contribution is 2.43. The Bertz CT molecular complexity index is 1480. The number of benzene rings is 3. The number of carbonyl (C=O) groups is 2. The number of fused-ring (bicyclic) bond motifs is 4. The number of ether oxygens (including phenoxy) is 1. The van der Waals surface area contributed by atoms with Gasteiger partial charge in [-0.25, -0.2) is 0 Å². The van der Waals surface area contributed by atoms with Gasteiger partial charge in [0.05, 0.1) is 18.8 Å². The van der Waals surface area contributed by atoms with E-state index in [1.54, 1.807) is 29.0 Å². The first-order valence-electron chi connectivity index (χ1n) is 12.0. The lowest BCUT2D eigenvalue weighted by molar-refractivity contribution is -0.159. The molecule has 2 N–H and O–H groups in total. The van der Waals surface area contributed by atoms with Gasteiger partial charge in [-0.2, -0.15) is 0 Å². The van der Waals surface area contributed by atoms with Crippen molar-refractivity contribution in [1.82, 2.24) is 14.8 Å². The summed E-state index contributed by atoms with van der Waals surface area (Å²) >= 11 is 0. The molecule has 6 rings (SSSR count). The topological polar surface area (TPSA) is 112 Å². The zero-order valence-corrected chi connectivity index (χ0v) is 20.1. The molecule has 2 aliphatic heterocycles. The number of hydrogen-bond acceptors (Lipinski definition) is 6. The zero-order chi connectivity index (χ0) is 25.7. The van der Waals surface area contributed by atoms with Crippen LogP contribution in [0.2, 0.25) is 0 Å². The van der Waals surface area contributed by atoms with Gasteiger partial charge in [0, 0.05) is 29.6 Å². The van der Waals surface area contributed by atoms with Gasteiger partial charge in [0.15, 0.2) is 0 Å². The largest absolute Gasteiger partial charge is 0.733 e. The smallest absolute Gasteiger partial charge is 0.246 e. The van der Waals surface area contributed by atoms with E-state index in [-0.39, 0.29) is 29.3 Å². The van der Waals surface area contributed by atoms with Crippen LogP contribution in [0.5, 0.6) is 5.75 Å². The van der Waals surface area contributed by atoms with Gasteiger partial charge >= 0.3 is 0 Å². The van der Waals surface area contributed by atoms with Crippen molar-refractivity contribution in [1.29, 1.82) is 0 Å². The van der Waals surface area contributed by atoms with Crippen molar-refractivity contribution >= 4 is 28.4 Å². The molecule has 0 bridgehead atoms. The van der Waals surface area contributed by atoms with Crippen LogP contribution < -0.4 is 9.96 Å². The molecular weight excluding hydrogens is 472 g/mol. The van der Waals surface area contributed by atoms with Crippen LogP contribution in [0.1, 0.15) is 28.4 Å². The fourth-order valence-electron chi connectivity index (χ4n) is 5.54. The molecule has 3 heterocycles. The Balaban J connectivity index is 1.41. The van der Waals surface area contributed by atoms with Gasteiger partial charge in [-0.1, -0.05) is 42.5 Å². The zero-order valence-electron chi connectivity index (χ0n) is 20.1. The molecule has 188 valence electrons. The van der Waals surface area contributed by atoms with E-state index in [1.165, 1.54) is 12.1 Å². The minimum absolute atomic E-state index is 0.0313. The second-order valence-corrected chi connectivity index (χ2v) is 9.39. The number of anilines is 1. The first kappa shape index (κ1) is 23.1. The molecule has 2 aliphatic rings. The number of amides is 2. The summed E-state index contributed by atoms with van der Waals surface area (Å²) in [6.45, 7) is 0.297. The molecule has 0 spiro atoms. The van der Waals surface area contributed by atoms with E-state index in [1.807, 2.05) is 48.5 Å². The molecule has 2 unspecified atom stereocenters. The number of piperazine rings is 1. The second kappa shape index (κ2) is 8.95. The lowest BCUT2D eigenvalue weighted by Crippen LogP contribution is -2.62. The maximum Gasteiger partial charge on any atom is 0.246 e. The Hall–Kier alpha value is -4.34. The Morgan fingerprint density at radius 2 is 1.78 bits per heavy atom. The van der Waals surface area contributed by atoms with Crippen molar-refractivity contribution in [3.05, 3.63) is 100 Å². The first-order valence-corrected chi connectivity index (χ1v) is 12.0. The summed E-state index contributed by atoms with van der Waals surface area (Å²) in [4.78, 5) is 34.3. The first-order chi connectivity index (χ1) is 17.9. The summed E-state index contributed by atoms with van der Waals surface area (Å²) in [5.41, 5.74) is 4.54. The number of hydrogen-bond donors (Lipinski definition) is 2. The minimum Gasteiger partial charge on any atom is -0.733 e. The highest BCUT2D eigenvalue weighted by Gasteiger charge is 2.48. The molecule has 1 saturated heterocycles. The molecule has 2 amide bonds. The van der Waals surface area contributed by atoms with Crippen LogP contribution in [0.15, 0.2) is 72.8 Å². The molecule has 1 aromatic heterocycles. The van der Waals surface area contributed by atoms with Crippen molar-refractivity contribution in [2.75, 3.05) is 18.9 Å². The molecule has 4 aromatic rings. The van der Waals surface area contributed by atoms with Crippen molar-refractivity contribution in [2.24, 2.45) is 0 Å². The van der Waals surface area contributed by atoms with E-state index in [4.69, 9.17) is 4.74 Å². The number of para-hydroxylation sites is 1. The summed E-state index contributed by atoms with van der Waals surface area (Å²) in [6, 6.07) is 20.6. The van der Waals surface area contributed by atoms with Crippen LogP contribution >= 0.6 is 0 Å². The quantitative estimate of drug-likeness (QED) is 0.406. The molecule has 2 atom stereocenters. The van der Waals surface area contributed by atoms with Gasteiger partial charge in [0.2, 0.25) is 11.8 Å². The number of methoxy groups -OCH3 is 1. The maximum absolute atomic E-state index is 13.8. The molecule has 0 saturated carbocycles. The summed E-state index contributed by atoms with van der Waals surface area (Å²) in [5.74, 6) is 0.475. The van der Waals surface area contributed by atoms with Crippen molar-refractivity contribution in [2.45, 2.75) is 25.0 Å². The van der Waals surface area contributed by atoms with E-state index in [0.717, 1.165) is 39.0 Å². The number of nitrogens with zero attached hydrogens (tertiary/aromatic N) is 3. The molecule has 0 aliphatic carbocycles. The van der Waals surface area contributed by atoms with E-state index in [2.05, 4.69) is 4.98 Å². The highest BCUT2D eigenvalue weighted by atomic mass is 16.8. The third-order valence-electron chi connectivity index (χ3n) is 7.30. The average Bonchev–Trinajstić information content (AvgIpc) is 3.29. The molecule has 3 aromatic carbocycles. The van der Waals surface area contributed by atoms with Gasteiger partial charge in [0.1, 0.15) is 18.3 Å². The van der Waals surface area contributed by atoms with Gasteiger partial charge in [-0.3, -0.25) is 14.8 Å². The normalized spacial score (nSPS) is 19.1. The van der Waals surface area contributed by atoms with Crippen LogP contribution in [0, 0.1) is 5.21 Å². The maximum atomic E-state index is 13.8. The van der Waals surface area contributed by atoms with Crippen LogP contribution in [0.25, 0.3) is 10.9 Å². The number of carbonyl (C=O) groups excluding carboxylic acids is 2. The van der Waals surface area contributed by atoms with E-state index < -0.39 is 12.1 Å². The predicted molar refractivity (Wildman–Crippen MR) is 137 cm³/mol. The molecule has 9 heteroatoms. The van der Waals surface area contributed by atoms with Crippen LogP contribution in [0.4, 0.5) is 5.69 Å². The molecule has 1 fully saturated rings. The Labute approximate surface area is 213 Å². The monoisotopic (exact) mass is 497 g/mol. The Kier molecular flexibility index (Phi) is 5.58. The third-order valence-corrected chi connectivity index (χ3v) is 7.30. The van der Waals surface area contributed by atoms with Crippen molar-refractivity contribution in [3.63, 3.8) is 0 Å². The number of nitrogens with one attached hydrogen (secondary N) is 1. The van der Waals surface area contributed by atoms with Crippen molar-refractivity contribution < 1.29 is 19.5 Å². The van der Waals surface area contributed by atoms with Gasteiger partial charge in [-0.05, 0) is 47.0 Å². The summed E-state index contributed by atoms with van der Waals surface area (Å²) in [6.07, 6.45) is 0.405. The van der Waals surface area contributed by atoms with Crippen LogP contribution in [0.3, 0.4) is 0 Å². The minimum atomic E-state index is -0.662. The lowest BCUT2D eigenvalue weighted by atomic mass is 9.86. The number of aromatic nitrogens is 1. The lowest BCUT2D eigenvalue weighted by Gasteiger charge is -2.47. The highest BCUT2D eigenvalue weighted by molar-refractivity contribution is 5.97. The number of aromatic amines is 1.